The first kappa shape index (κ1) is 19.8. The number of anilines is 2. The van der Waals surface area contributed by atoms with Gasteiger partial charge in [0.15, 0.2) is 0 Å². The molecule has 1 aliphatic heterocycles. The van der Waals surface area contributed by atoms with E-state index >= 15 is 0 Å². The van der Waals surface area contributed by atoms with E-state index in [1.807, 2.05) is 79.7 Å². The second-order valence-electron chi connectivity index (χ2n) is 8.12. The van der Waals surface area contributed by atoms with E-state index in [1.54, 1.807) is 4.90 Å². The second-order valence-corrected chi connectivity index (χ2v) is 8.12. The molecule has 2 amide bonds. The van der Waals surface area contributed by atoms with E-state index in [9.17, 15) is 4.79 Å². The Morgan fingerprint density at radius 3 is 2.69 bits per heavy atom. The van der Waals surface area contributed by atoms with Crippen LogP contribution >= 0.6 is 0 Å². The summed E-state index contributed by atoms with van der Waals surface area (Å²) in [5.41, 5.74) is 6.64. The number of imidazole rings is 1. The van der Waals surface area contributed by atoms with Crippen molar-refractivity contribution in [3.8, 4) is 6.07 Å². The van der Waals surface area contributed by atoms with Gasteiger partial charge in [0.05, 0.1) is 22.7 Å². The summed E-state index contributed by atoms with van der Waals surface area (Å²) in [6, 6.07) is 23.7. The van der Waals surface area contributed by atoms with Gasteiger partial charge in [-0.05, 0) is 53.9 Å². The molecule has 0 N–H and O–H groups in total. The third-order valence-electron chi connectivity index (χ3n) is 6.19. The first-order valence-electron chi connectivity index (χ1n) is 10.6. The van der Waals surface area contributed by atoms with Crippen molar-refractivity contribution in [3.63, 3.8) is 0 Å². The Balaban J connectivity index is 1.41. The minimum Gasteiger partial charge on any atom is -0.331 e. The van der Waals surface area contributed by atoms with Gasteiger partial charge in [-0.25, -0.2) is 9.78 Å². The number of amides is 2. The Morgan fingerprint density at radius 2 is 1.91 bits per heavy atom. The van der Waals surface area contributed by atoms with Crippen LogP contribution < -0.4 is 9.80 Å². The highest BCUT2D eigenvalue weighted by molar-refractivity contribution is 6.05. The summed E-state index contributed by atoms with van der Waals surface area (Å²) >= 11 is 0. The molecule has 0 saturated carbocycles. The molecule has 0 saturated heterocycles. The molecule has 32 heavy (non-hydrogen) atoms. The minimum atomic E-state index is -0.0389. The Kier molecular flexibility index (Phi) is 4.87. The van der Waals surface area contributed by atoms with E-state index in [-0.39, 0.29) is 6.03 Å². The van der Waals surface area contributed by atoms with Gasteiger partial charge < -0.3 is 4.57 Å². The van der Waals surface area contributed by atoms with Crippen LogP contribution in [0.1, 0.15) is 22.5 Å². The normalized spacial score (nSPS) is 12.6. The maximum atomic E-state index is 13.2. The number of fused-ring (bicyclic) bond motifs is 2. The number of carbonyl (C=O) groups is 1. The van der Waals surface area contributed by atoms with Crippen LogP contribution in [0.3, 0.4) is 0 Å². The molecule has 0 atom stereocenters. The van der Waals surface area contributed by atoms with E-state index in [2.05, 4.69) is 16.7 Å². The van der Waals surface area contributed by atoms with Crippen molar-refractivity contribution in [2.24, 2.45) is 7.05 Å². The average molecular weight is 422 g/mol. The molecule has 6 heteroatoms. The quantitative estimate of drug-likeness (QED) is 0.483. The lowest BCUT2D eigenvalue weighted by Crippen LogP contribution is -2.40. The van der Waals surface area contributed by atoms with E-state index < -0.39 is 0 Å². The van der Waals surface area contributed by atoms with Crippen molar-refractivity contribution in [3.05, 3.63) is 89.2 Å². The highest BCUT2D eigenvalue weighted by Crippen LogP contribution is 2.30. The molecule has 0 radical (unpaired) electrons. The lowest BCUT2D eigenvalue weighted by atomic mass is 10.1. The molecule has 158 valence electrons. The second kappa shape index (κ2) is 7.86. The van der Waals surface area contributed by atoms with Crippen LogP contribution in [-0.2, 0) is 19.9 Å². The molecule has 0 fully saturated rings. The summed E-state index contributed by atoms with van der Waals surface area (Å²) in [5.74, 6) is 0.935. The number of nitrogens with zero attached hydrogens (tertiary/aromatic N) is 5. The summed E-state index contributed by atoms with van der Waals surface area (Å²) in [4.78, 5) is 21.6. The first-order valence-corrected chi connectivity index (χ1v) is 10.6. The monoisotopic (exact) mass is 421 g/mol. The van der Waals surface area contributed by atoms with Gasteiger partial charge in [0, 0.05) is 38.4 Å². The van der Waals surface area contributed by atoms with E-state index in [1.165, 1.54) is 5.56 Å². The summed E-state index contributed by atoms with van der Waals surface area (Å²) in [6.07, 6.45) is 1.55. The molecule has 1 aromatic heterocycles. The number of benzene rings is 3. The van der Waals surface area contributed by atoms with Crippen LogP contribution in [0.25, 0.3) is 11.0 Å². The SMILES string of the molecule is CN(C(=O)N1CCc2ccccc21)c1ccc2c(c1)nc(Cc1ccc(C#N)cc1)n2C. The number of hydrogen-bond donors (Lipinski definition) is 0. The minimum absolute atomic E-state index is 0.0389. The molecular formula is C26H23N5O. The molecule has 4 aromatic rings. The average Bonchev–Trinajstić information content (AvgIpc) is 3.39. The van der Waals surface area contributed by atoms with Gasteiger partial charge in [-0.3, -0.25) is 9.80 Å². The van der Waals surface area contributed by atoms with Crippen molar-refractivity contribution in [2.75, 3.05) is 23.4 Å². The number of hydrogen-bond acceptors (Lipinski definition) is 3. The first-order chi connectivity index (χ1) is 15.5. The van der Waals surface area contributed by atoms with Crippen LogP contribution in [0.4, 0.5) is 16.2 Å². The fourth-order valence-corrected chi connectivity index (χ4v) is 4.31. The van der Waals surface area contributed by atoms with Crippen LogP contribution in [0.15, 0.2) is 66.7 Å². The molecule has 0 bridgehead atoms. The number of urea groups is 1. The number of carbonyl (C=O) groups excluding carboxylic acids is 1. The maximum Gasteiger partial charge on any atom is 0.328 e. The van der Waals surface area contributed by atoms with Crippen LogP contribution in [0.5, 0.6) is 0 Å². The van der Waals surface area contributed by atoms with Crippen LogP contribution in [0.2, 0.25) is 0 Å². The summed E-state index contributed by atoms with van der Waals surface area (Å²) in [5, 5.41) is 8.99. The zero-order valence-electron chi connectivity index (χ0n) is 18.1. The molecule has 0 unspecified atom stereocenters. The van der Waals surface area contributed by atoms with Gasteiger partial charge >= 0.3 is 6.03 Å². The van der Waals surface area contributed by atoms with Crippen molar-refractivity contribution in [1.82, 2.24) is 9.55 Å². The van der Waals surface area contributed by atoms with E-state index in [0.717, 1.165) is 40.2 Å². The smallest absolute Gasteiger partial charge is 0.328 e. The highest BCUT2D eigenvalue weighted by Gasteiger charge is 2.27. The predicted molar refractivity (Wildman–Crippen MR) is 126 cm³/mol. The van der Waals surface area contributed by atoms with Crippen molar-refractivity contribution >= 4 is 28.4 Å². The molecule has 0 spiro atoms. The van der Waals surface area contributed by atoms with E-state index in [4.69, 9.17) is 10.2 Å². The van der Waals surface area contributed by atoms with Crippen molar-refractivity contribution in [1.29, 1.82) is 5.26 Å². The Labute approximate surface area is 186 Å². The molecular weight excluding hydrogens is 398 g/mol. The summed E-state index contributed by atoms with van der Waals surface area (Å²) in [7, 11) is 3.81. The molecule has 2 heterocycles. The lowest BCUT2D eigenvalue weighted by Gasteiger charge is -2.25. The standard InChI is InChI=1S/C26H23N5O/c1-29(26(32)31-14-13-20-5-3-4-6-23(20)31)21-11-12-24-22(16-21)28-25(30(24)2)15-18-7-9-19(17-27)10-8-18/h3-12,16H,13-15H2,1-2H3. The van der Waals surface area contributed by atoms with E-state index in [0.29, 0.717) is 18.5 Å². The Hall–Kier alpha value is -4.11. The number of aromatic nitrogens is 2. The number of aryl methyl sites for hydroxylation is 1. The fraction of sp³-hybridized carbons (Fsp3) is 0.192. The predicted octanol–water partition coefficient (Wildman–Crippen LogP) is 4.65. The number of nitriles is 1. The molecule has 5 rings (SSSR count). The van der Waals surface area contributed by atoms with Crippen molar-refractivity contribution in [2.45, 2.75) is 12.8 Å². The molecule has 0 aliphatic carbocycles. The lowest BCUT2D eigenvalue weighted by molar-refractivity contribution is 0.253. The largest absolute Gasteiger partial charge is 0.331 e. The van der Waals surface area contributed by atoms with Crippen LogP contribution in [0, 0.1) is 11.3 Å². The Bertz CT molecular complexity index is 1360. The zero-order valence-corrected chi connectivity index (χ0v) is 18.1. The molecule has 3 aromatic carbocycles. The summed E-state index contributed by atoms with van der Waals surface area (Å²) in [6.45, 7) is 0.698. The fourth-order valence-electron chi connectivity index (χ4n) is 4.31. The Morgan fingerprint density at radius 1 is 1.12 bits per heavy atom. The van der Waals surface area contributed by atoms with Gasteiger partial charge in [0.2, 0.25) is 0 Å². The highest BCUT2D eigenvalue weighted by atomic mass is 16.2. The third-order valence-corrected chi connectivity index (χ3v) is 6.19. The number of rotatable bonds is 3. The third kappa shape index (κ3) is 3.38. The van der Waals surface area contributed by atoms with Gasteiger partial charge in [-0.15, -0.1) is 0 Å². The van der Waals surface area contributed by atoms with Crippen molar-refractivity contribution < 1.29 is 4.79 Å². The number of para-hydroxylation sites is 1. The summed E-state index contributed by atoms with van der Waals surface area (Å²) < 4.78 is 2.08. The zero-order chi connectivity index (χ0) is 22.2. The van der Waals surface area contributed by atoms with Gasteiger partial charge in [0.1, 0.15) is 5.82 Å². The van der Waals surface area contributed by atoms with Gasteiger partial charge in [-0.2, -0.15) is 5.26 Å². The topological polar surface area (TPSA) is 65.2 Å². The van der Waals surface area contributed by atoms with Crippen LogP contribution in [-0.4, -0.2) is 29.2 Å². The maximum absolute atomic E-state index is 13.2. The molecule has 1 aliphatic rings. The molecule has 6 nitrogen and oxygen atoms in total. The van der Waals surface area contributed by atoms with Gasteiger partial charge in [-0.1, -0.05) is 30.3 Å². The van der Waals surface area contributed by atoms with Gasteiger partial charge in [0.25, 0.3) is 0 Å².